The van der Waals surface area contributed by atoms with Gasteiger partial charge in [0.25, 0.3) is 0 Å². The molecular weight excluding hydrogens is 284 g/mol. The first kappa shape index (κ1) is 15.1. The van der Waals surface area contributed by atoms with Gasteiger partial charge < -0.3 is 5.32 Å². The second-order valence-electron chi connectivity index (χ2n) is 6.13. The first-order valence-corrected chi connectivity index (χ1v) is 8.43. The van der Waals surface area contributed by atoms with E-state index >= 15 is 0 Å². The molecule has 0 radical (unpaired) electrons. The van der Waals surface area contributed by atoms with Gasteiger partial charge in [0.2, 0.25) is 0 Å². The zero-order valence-corrected chi connectivity index (χ0v) is 13.6. The van der Waals surface area contributed by atoms with E-state index in [1.807, 2.05) is 19.2 Å². The Kier molecular flexibility index (Phi) is 4.99. The van der Waals surface area contributed by atoms with Gasteiger partial charge in [-0.25, -0.2) is 4.98 Å². The quantitative estimate of drug-likeness (QED) is 0.927. The van der Waals surface area contributed by atoms with Crippen LogP contribution >= 0.6 is 11.6 Å². The summed E-state index contributed by atoms with van der Waals surface area (Å²) >= 11 is 6.28. The molecule has 0 spiro atoms. The van der Waals surface area contributed by atoms with Crippen molar-refractivity contribution in [1.29, 1.82) is 0 Å². The molecule has 1 aromatic heterocycles. The van der Waals surface area contributed by atoms with Crippen molar-refractivity contribution >= 4 is 17.4 Å². The van der Waals surface area contributed by atoms with Crippen molar-refractivity contribution in [1.82, 2.24) is 14.8 Å². The van der Waals surface area contributed by atoms with Crippen LogP contribution in [0.1, 0.15) is 31.4 Å². The van der Waals surface area contributed by atoms with Crippen molar-refractivity contribution in [3.05, 3.63) is 22.8 Å². The van der Waals surface area contributed by atoms with E-state index in [0.29, 0.717) is 0 Å². The van der Waals surface area contributed by atoms with Crippen molar-refractivity contribution < 1.29 is 0 Å². The van der Waals surface area contributed by atoms with Crippen LogP contribution in [-0.4, -0.2) is 54.1 Å². The maximum absolute atomic E-state index is 6.28. The van der Waals surface area contributed by atoms with Crippen LogP contribution in [0, 0.1) is 0 Å². The Morgan fingerprint density at radius 2 is 1.90 bits per heavy atom. The second-order valence-corrected chi connectivity index (χ2v) is 6.53. The predicted molar refractivity (Wildman–Crippen MR) is 87.9 cm³/mol. The second kappa shape index (κ2) is 6.95. The first-order chi connectivity index (χ1) is 10.3. The van der Waals surface area contributed by atoms with E-state index in [4.69, 9.17) is 11.6 Å². The summed E-state index contributed by atoms with van der Waals surface area (Å²) in [5.74, 6) is 0.888. The summed E-state index contributed by atoms with van der Waals surface area (Å²) in [5, 5.41) is 3.85. The molecule has 0 amide bonds. The molecule has 1 aliphatic heterocycles. The molecule has 0 unspecified atom stereocenters. The fourth-order valence-electron chi connectivity index (χ4n) is 3.50. The number of rotatable bonds is 4. The molecule has 0 bridgehead atoms. The molecule has 5 heteroatoms. The van der Waals surface area contributed by atoms with Crippen molar-refractivity contribution in [2.24, 2.45) is 0 Å². The zero-order chi connectivity index (χ0) is 14.7. The van der Waals surface area contributed by atoms with Crippen LogP contribution in [0.4, 0.5) is 5.82 Å². The Bertz CT molecular complexity index is 465. The topological polar surface area (TPSA) is 31.4 Å². The average molecular weight is 309 g/mol. The summed E-state index contributed by atoms with van der Waals surface area (Å²) in [7, 11) is 1.89. The van der Waals surface area contributed by atoms with E-state index in [-0.39, 0.29) is 0 Å². The minimum atomic E-state index is 0.771. The smallest absolute Gasteiger partial charge is 0.126 e. The number of aromatic nitrogens is 1. The van der Waals surface area contributed by atoms with Gasteiger partial charge in [-0.3, -0.25) is 9.80 Å². The third-order valence-electron chi connectivity index (χ3n) is 4.80. The van der Waals surface area contributed by atoms with Crippen LogP contribution in [0.15, 0.2) is 12.1 Å². The summed E-state index contributed by atoms with van der Waals surface area (Å²) in [6.07, 6.45) is 5.64. The largest absolute Gasteiger partial charge is 0.373 e. The molecule has 1 saturated carbocycles. The highest BCUT2D eigenvalue weighted by Gasteiger charge is 2.26. The van der Waals surface area contributed by atoms with Gasteiger partial charge >= 0.3 is 0 Å². The number of piperazine rings is 1. The number of nitrogens with zero attached hydrogens (tertiary/aromatic N) is 3. The lowest BCUT2D eigenvalue weighted by molar-refractivity contribution is 0.0930. The number of hydrogen-bond acceptors (Lipinski definition) is 4. The van der Waals surface area contributed by atoms with Crippen molar-refractivity contribution in [3.8, 4) is 0 Å². The van der Waals surface area contributed by atoms with Crippen LogP contribution in [-0.2, 0) is 6.54 Å². The van der Waals surface area contributed by atoms with Gasteiger partial charge in [-0.1, -0.05) is 24.4 Å². The molecular formula is C16H25ClN4. The van der Waals surface area contributed by atoms with E-state index in [0.717, 1.165) is 42.2 Å². The molecule has 0 aromatic carbocycles. The number of nitrogens with one attached hydrogen (secondary N) is 1. The van der Waals surface area contributed by atoms with Crippen LogP contribution in [0.2, 0.25) is 5.02 Å². The minimum Gasteiger partial charge on any atom is -0.373 e. The maximum Gasteiger partial charge on any atom is 0.126 e. The third-order valence-corrected chi connectivity index (χ3v) is 5.14. The highest BCUT2D eigenvalue weighted by molar-refractivity contribution is 6.31. The van der Waals surface area contributed by atoms with Gasteiger partial charge in [0.15, 0.2) is 0 Å². The van der Waals surface area contributed by atoms with E-state index < -0.39 is 0 Å². The van der Waals surface area contributed by atoms with Gasteiger partial charge in [-0.05, 0) is 25.0 Å². The van der Waals surface area contributed by atoms with E-state index in [9.17, 15) is 0 Å². The molecule has 4 nitrogen and oxygen atoms in total. The number of halogens is 1. The molecule has 1 aliphatic carbocycles. The lowest BCUT2D eigenvalue weighted by atomic mass is 10.1. The average Bonchev–Trinajstić information content (AvgIpc) is 3.04. The standard InChI is InChI=1S/C16H25ClN4/c1-18-16-7-6-14(17)15(19-16)12-20-8-10-21(11-9-20)13-4-2-3-5-13/h6-7,13H,2-5,8-12H2,1H3,(H,18,19). The summed E-state index contributed by atoms with van der Waals surface area (Å²) < 4.78 is 0. The molecule has 1 saturated heterocycles. The number of anilines is 1. The Labute approximate surface area is 132 Å². The highest BCUT2D eigenvalue weighted by atomic mass is 35.5. The molecule has 2 aliphatic rings. The molecule has 1 aromatic rings. The fourth-order valence-corrected chi connectivity index (χ4v) is 3.67. The summed E-state index contributed by atoms with van der Waals surface area (Å²) in [5.41, 5.74) is 0.984. The SMILES string of the molecule is CNc1ccc(Cl)c(CN2CCN(C3CCCC3)CC2)n1. The molecule has 2 heterocycles. The van der Waals surface area contributed by atoms with Crippen LogP contribution in [0.5, 0.6) is 0 Å². The first-order valence-electron chi connectivity index (χ1n) is 8.06. The summed E-state index contributed by atoms with van der Waals surface area (Å²) in [4.78, 5) is 9.74. The normalized spacial score (nSPS) is 21.8. The summed E-state index contributed by atoms with van der Waals surface area (Å²) in [6.45, 7) is 5.48. The van der Waals surface area contributed by atoms with Crippen molar-refractivity contribution in [2.45, 2.75) is 38.3 Å². The third kappa shape index (κ3) is 3.68. The van der Waals surface area contributed by atoms with Crippen molar-refractivity contribution in [2.75, 3.05) is 38.5 Å². The van der Waals surface area contributed by atoms with E-state index in [1.165, 1.54) is 38.8 Å². The summed E-state index contributed by atoms with van der Waals surface area (Å²) in [6, 6.07) is 4.70. The lowest BCUT2D eigenvalue weighted by Crippen LogP contribution is -2.49. The molecule has 116 valence electrons. The zero-order valence-electron chi connectivity index (χ0n) is 12.8. The highest BCUT2D eigenvalue weighted by Crippen LogP contribution is 2.25. The predicted octanol–water partition coefficient (Wildman–Crippen LogP) is 2.84. The fraction of sp³-hybridized carbons (Fsp3) is 0.688. The van der Waals surface area contributed by atoms with E-state index in [1.54, 1.807) is 0 Å². The van der Waals surface area contributed by atoms with Gasteiger partial charge in [0, 0.05) is 45.8 Å². The van der Waals surface area contributed by atoms with Gasteiger partial charge in [-0.2, -0.15) is 0 Å². The number of pyridine rings is 1. The molecule has 3 rings (SSSR count). The lowest BCUT2D eigenvalue weighted by Gasteiger charge is -2.38. The van der Waals surface area contributed by atoms with Crippen LogP contribution < -0.4 is 5.32 Å². The van der Waals surface area contributed by atoms with Gasteiger partial charge in [-0.15, -0.1) is 0 Å². The Morgan fingerprint density at radius 3 is 2.57 bits per heavy atom. The maximum atomic E-state index is 6.28. The van der Waals surface area contributed by atoms with Crippen LogP contribution in [0.25, 0.3) is 0 Å². The molecule has 2 fully saturated rings. The van der Waals surface area contributed by atoms with E-state index in [2.05, 4.69) is 20.1 Å². The Hall–Kier alpha value is -0.840. The van der Waals surface area contributed by atoms with Gasteiger partial charge in [0.05, 0.1) is 10.7 Å². The minimum absolute atomic E-state index is 0.771. The molecule has 1 N–H and O–H groups in total. The molecule has 21 heavy (non-hydrogen) atoms. The van der Waals surface area contributed by atoms with Crippen molar-refractivity contribution in [3.63, 3.8) is 0 Å². The monoisotopic (exact) mass is 308 g/mol. The Balaban J connectivity index is 1.55. The van der Waals surface area contributed by atoms with Gasteiger partial charge in [0.1, 0.15) is 5.82 Å². The molecule has 0 atom stereocenters. The Morgan fingerprint density at radius 1 is 1.19 bits per heavy atom. The van der Waals surface area contributed by atoms with Crippen LogP contribution in [0.3, 0.4) is 0 Å². The number of hydrogen-bond donors (Lipinski definition) is 1.